The lowest BCUT2D eigenvalue weighted by molar-refractivity contribution is 0.241. The maximum absolute atomic E-state index is 12.8. The first kappa shape index (κ1) is 11.8. The van der Waals surface area contributed by atoms with Crippen LogP contribution in [0, 0.1) is 5.82 Å². The van der Waals surface area contributed by atoms with Crippen LogP contribution in [-0.4, -0.2) is 12.6 Å². The van der Waals surface area contributed by atoms with Gasteiger partial charge in [-0.25, -0.2) is 9.18 Å². The van der Waals surface area contributed by atoms with Crippen LogP contribution in [0.15, 0.2) is 18.2 Å². The number of benzene rings is 1. The molecule has 1 rings (SSSR count). The number of carbonyl (C=O) groups is 1. The monoisotopic (exact) mass is 230 g/mol. The van der Waals surface area contributed by atoms with Gasteiger partial charge in [0.2, 0.25) is 0 Å². The highest BCUT2D eigenvalue weighted by Crippen LogP contribution is 2.15. The van der Waals surface area contributed by atoms with E-state index in [1.807, 2.05) is 6.92 Å². The predicted octanol–water partition coefficient (Wildman–Crippen LogP) is 2.30. The molecule has 0 aliphatic carbocycles. The van der Waals surface area contributed by atoms with Crippen molar-refractivity contribution in [1.82, 2.24) is 10.6 Å². The molecule has 0 aromatic heterocycles. The van der Waals surface area contributed by atoms with Gasteiger partial charge in [-0.2, -0.15) is 0 Å². The van der Waals surface area contributed by atoms with Crippen molar-refractivity contribution in [2.24, 2.45) is 0 Å². The number of rotatable bonds is 3. The Bertz CT molecular complexity index is 357. The largest absolute Gasteiger partial charge is 0.338 e. The van der Waals surface area contributed by atoms with Crippen LogP contribution < -0.4 is 10.6 Å². The Hall–Kier alpha value is -1.29. The van der Waals surface area contributed by atoms with Crippen molar-refractivity contribution >= 4 is 17.6 Å². The maximum atomic E-state index is 12.8. The molecule has 0 saturated carbocycles. The van der Waals surface area contributed by atoms with E-state index < -0.39 is 5.82 Å². The molecule has 3 nitrogen and oxygen atoms in total. The van der Waals surface area contributed by atoms with Crippen LogP contribution in [0.25, 0.3) is 0 Å². The minimum Gasteiger partial charge on any atom is -0.338 e. The summed E-state index contributed by atoms with van der Waals surface area (Å²) in [7, 11) is 0. The first-order chi connectivity index (χ1) is 7.13. The van der Waals surface area contributed by atoms with Crippen LogP contribution in [-0.2, 0) is 6.54 Å². The Balaban J connectivity index is 2.51. The topological polar surface area (TPSA) is 41.1 Å². The summed E-state index contributed by atoms with van der Waals surface area (Å²) < 4.78 is 12.8. The van der Waals surface area contributed by atoms with Crippen molar-refractivity contribution in [3.63, 3.8) is 0 Å². The van der Waals surface area contributed by atoms with Gasteiger partial charge in [0, 0.05) is 13.1 Å². The number of hydrogen-bond acceptors (Lipinski definition) is 1. The van der Waals surface area contributed by atoms with Crippen LogP contribution >= 0.6 is 11.6 Å². The molecule has 0 bridgehead atoms. The molecule has 1 aromatic carbocycles. The summed E-state index contributed by atoms with van der Waals surface area (Å²) >= 11 is 5.59. The SMILES string of the molecule is CCNC(=O)NCc1ccc(F)c(Cl)c1. The van der Waals surface area contributed by atoms with E-state index in [1.165, 1.54) is 12.1 Å². The van der Waals surface area contributed by atoms with Crippen molar-refractivity contribution in [2.75, 3.05) is 6.54 Å². The Kier molecular flexibility index (Phi) is 4.37. The average Bonchev–Trinajstić information content (AvgIpc) is 2.20. The number of urea groups is 1. The quantitative estimate of drug-likeness (QED) is 0.822. The molecule has 15 heavy (non-hydrogen) atoms. The van der Waals surface area contributed by atoms with E-state index >= 15 is 0 Å². The number of halogens is 2. The van der Waals surface area contributed by atoms with Gasteiger partial charge in [0.25, 0.3) is 0 Å². The molecule has 0 heterocycles. The molecule has 82 valence electrons. The van der Waals surface area contributed by atoms with Crippen LogP contribution in [0.5, 0.6) is 0 Å². The summed E-state index contributed by atoms with van der Waals surface area (Å²) in [6.07, 6.45) is 0. The van der Waals surface area contributed by atoms with Gasteiger partial charge in [0.1, 0.15) is 5.82 Å². The van der Waals surface area contributed by atoms with E-state index in [1.54, 1.807) is 6.07 Å². The minimum absolute atomic E-state index is 0.0604. The highest BCUT2D eigenvalue weighted by atomic mass is 35.5. The highest BCUT2D eigenvalue weighted by Gasteiger charge is 2.02. The summed E-state index contributed by atoms with van der Waals surface area (Å²) in [6, 6.07) is 4.09. The Labute approximate surface area is 92.6 Å². The molecule has 2 amide bonds. The van der Waals surface area contributed by atoms with Gasteiger partial charge in [-0.05, 0) is 24.6 Å². The van der Waals surface area contributed by atoms with E-state index in [0.717, 1.165) is 5.56 Å². The number of nitrogens with one attached hydrogen (secondary N) is 2. The lowest BCUT2D eigenvalue weighted by Gasteiger charge is -2.06. The van der Waals surface area contributed by atoms with Crippen LogP contribution in [0.1, 0.15) is 12.5 Å². The third kappa shape index (κ3) is 3.75. The molecular weight excluding hydrogens is 219 g/mol. The Morgan fingerprint density at radius 3 is 2.80 bits per heavy atom. The fourth-order valence-electron chi connectivity index (χ4n) is 1.05. The van der Waals surface area contributed by atoms with Gasteiger partial charge in [-0.1, -0.05) is 17.7 Å². The van der Waals surface area contributed by atoms with Gasteiger partial charge in [0.15, 0.2) is 0 Å². The second kappa shape index (κ2) is 5.56. The van der Waals surface area contributed by atoms with E-state index in [0.29, 0.717) is 13.1 Å². The number of carbonyl (C=O) groups excluding carboxylic acids is 1. The molecule has 5 heteroatoms. The minimum atomic E-state index is -0.460. The van der Waals surface area contributed by atoms with Gasteiger partial charge >= 0.3 is 6.03 Å². The smallest absolute Gasteiger partial charge is 0.315 e. The van der Waals surface area contributed by atoms with Crippen LogP contribution in [0.2, 0.25) is 5.02 Å². The molecule has 2 N–H and O–H groups in total. The lowest BCUT2D eigenvalue weighted by atomic mass is 10.2. The van der Waals surface area contributed by atoms with Crippen molar-refractivity contribution in [3.8, 4) is 0 Å². The molecule has 0 saturated heterocycles. The molecule has 0 aliphatic heterocycles. The molecule has 0 radical (unpaired) electrons. The van der Waals surface area contributed by atoms with Crippen molar-refractivity contribution < 1.29 is 9.18 Å². The van der Waals surface area contributed by atoms with Gasteiger partial charge in [-0.15, -0.1) is 0 Å². The molecule has 1 aromatic rings. The molecule has 0 atom stereocenters. The Morgan fingerprint density at radius 2 is 2.20 bits per heavy atom. The third-order valence-corrected chi connectivity index (χ3v) is 2.06. The first-order valence-electron chi connectivity index (χ1n) is 4.59. The standard InChI is InChI=1S/C10H12ClFN2O/c1-2-13-10(15)14-6-7-3-4-9(12)8(11)5-7/h3-5H,2,6H2,1H3,(H2,13,14,15). The molecule has 0 spiro atoms. The fraction of sp³-hybridized carbons (Fsp3) is 0.300. The van der Waals surface area contributed by atoms with E-state index in [2.05, 4.69) is 10.6 Å². The zero-order valence-electron chi connectivity index (χ0n) is 8.31. The second-order valence-corrected chi connectivity index (χ2v) is 3.37. The number of hydrogen-bond donors (Lipinski definition) is 2. The van der Waals surface area contributed by atoms with E-state index in [4.69, 9.17) is 11.6 Å². The van der Waals surface area contributed by atoms with Gasteiger partial charge in [0.05, 0.1) is 5.02 Å². The fourth-order valence-corrected chi connectivity index (χ4v) is 1.26. The average molecular weight is 231 g/mol. The van der Waals surface area contributed by atoms with Gasteiger partial charge < -0.3 is 10.6 Å². The highest BCUT2D eigenvalue weighted by molar-refractivity contribution is 6.30. The van der Waals surface area contributed by atoms with Crippen LogP contribution in [0.4, 0.5) is 9.18 Å². The molecule has 0 aliphatic rings. The molecule has 0 unspecified atom stereocenters. The van der Waals surface area contributed by atoms with Crippen LogP contribution in [0.3, 0.4) is 0 Å². The lowest BCUT2D eigenvalue weighted by Crippen LogP contribution is -2.34. The first-order valence-corrected chi connectivity index (χ1v) is 4.97. The summed E-state index contributed by atoms with van der Waals surface area (Å²) in [4.78, 5) is 11.0. The zero-order valence-corrected chi connectivity index (χ0v) is 9.07. The normalized spacial score (nSPS) is 9.80. The van der Waals surface area contributed by atoms with E-state index in [9.17, 15) is 9.18 Å². The second-order valence-electron chi connectivity index (χ2n) is 2.96. The van der Waals surface area contributed by atoms with Crippen molar-refractivity contribution in [1.29, 1.82) is 0 Å². The number of amides is 2. The zero-order chi connectivity index (χ0) is 11.3. The summed E-state index contributed by atoms with van der Waals surface area (Å²) in [5, 5.41) is 5.26. The third-order valence-electron chi connectivity index (χ3n) is 1.77. The van der Waals surface area contributed by atoms with E-state index in [-0.39, 0.29) is 11.1 Å². The summed E-state index contributed by atoms with van der Waals surface area (Å²) in [5.74, 6) is -0.460. The molecular formula is C10H12ClFN2O. The van der Waals surface area contributed by atoms with Gasteiger partial charge in [-0.3, -0.25) is 0 Å². The molecule has 0 fully saturated rings. The van der Waals surface area contributed by atoms with Crippen molar-refractivity contribution in [3.05, 3.63) is 34.6 Å². The summed E-state index contributed by atoms with van der Waals surface area (Å²) in [6.45, 7) is 2.72. The Morgan fingerprint density at radius 1 is 1.47 bits per heavy atom. The predicted molar refractivity (Wildman–Crippen MR) is 57.3 cm³/mol. The summed E-state index contributed by atoms with van der Waals surface area (Å²) in [5.41, 5.74) is 0.757. The van der Waals surface area contributed by atoms with Crippen molar-refractivity contribution in [2.45, 2.75) is 13.5 Å². The maximum Gasteiger partial charge on any atom is 0.315 e.